The van der Waals surface area contributed by atoms with Crippen LogP contribution in [0.25, 0.3) is 0 Å². The highest BCUT2D eigenvalue weighted by Crippen LogP contribution is 1.93. The maximum atomic E-state index is 3.63. The first-order chi connectivity index (χ1) is 4.93. The van der Waals surface area contributed by atoms with Crippen LogP contribution in [0.1, 0.15) is 5.56 Å². The summed E-state index contributed by atoms with van der Waals surface area (Å²) in [5.74, 6) is 5.89. The van der Waals surface area contributed by atoms with E-state index in [0.29, 0.717) is 6.54 Å². The lowest BCUT2D eigenvalue weighted by Crippen LogP contribution is -2.49. The number of rotatable bonds is 0. The lowest BCUT2D eigenvalue weighted by atomic mass is 10.2. The Morgan fingerprint density at radius 3 is 2.50 bits per heavy atom. The van der Waals surface area contributed by atoms with Crippen molar-refractivity contribution in [2.75, 3.05) is 6.54 Å². The van der Waals surface area contributed by atoms with Gasteiger partial charge in [-0.05, 0) is 18.1 Å². The summed E-state index contributed by atoms with van der Waals surface area (Å²) in [6, 6.07) is 9.92. The fraction of sp³-hybridized carbons (Fsp3) is 0.111. The molecule has 3 N–H and O–H groups in total. The van der Waals surface area contributed by atoms with Gasteiger partial charge in [0.05, 0.1) is 0 Å². The minimum Gasteiger partial charge on any atom is -0.347 e. The topological polar surface area (TPSA) is 27.6 Å². The van der Waals surface area contributed by atoms with E-state index >= 15 is 0 Å². The summed E-state index contributed by atoms with van der Waals surface area (Å²) in [5, 5.41) is 0. The van der Waals surface area contributed by atoms with Crippen molar-refractivity contribution in [2.24, 2.45) is 0 Å². The Kier molecular flexibility index (Phi) is 2.54. The van der Waals surface area contributed by atoms with E-state index in [1.165, 1.54) is 0 Å². The molecule has 0 heterocycles. The molecular weight excluding hydrogens is 122 g/mol. The van der Waals surface area contributed by atoms with E-state index in [1.54, 1.807) is 0 Å². The first-order valence-corrected chi connectivity index (χ1v) is 3.26. The fourth-order valence-electron chi connectivity index (χ4n) is 0.686. The quantitative estimate of drug-likeness (QED) is 0.491. The van der Waals surface area contributed by atoms with Gasteiger partial charge in [0.25, 0.3) is 0 Å². The average Bonchev–Trinajstić information content (AvgIpc) is 2.03. The van der Waals surface area contributed by atoms with Crippen molar-refractivity contribution >= 4 is 0 Å². The largest absolute Gasteiger partial charge is 0.347 e. The molecule has 0 unspecified atom stereocenters. The molecule has 0 saturated carbocycles. The molecule has 0 aliphatic rings. The highest BCUT2D eigenvalue weighted by atomic mass is 14.5. The maximum Gasteiger partial charge on any atom is 0.136 e. The normalized spacial score (nSPS) is 8.10. The number of quaternary nitrogens is 1. The van der Waals surface area contributed by atoms with Crippen molar-refractivity contribution in [3.8, 4) is 11.8 Å². The van der Waals surface area contributed by atoms with Crippen LogP contribution >= 0.6 is 0 Å². The molecule has 0 aliphatic heterocycles. The van der Waals surface area contributed by atoms with Crippen LogP contribution in [-0.2, 0) is 0 Å². The Bertz CT molecular complexity index is 240. The van der Waals surface area contributed by atoms with Crippen molar-refractivity contribution < 1.29 is 5.73 Å². The van der Waals surface area contributed by atoms with Gasteiger partial charge >= 0.3 is 0 Å². The van der Waals surface area contributed by atoms with Gasteiger partial charge in [0.2, 0.25) is 0 Å². The molecule has 0 fully saturated rings. The minimum atomic E-state index is 0.675. The number of hydrogen-bond acceptors (Lipinski definition) is 0. The molecule has 1 aromatic carbocycles. The summed E-state index contributed by atoms with van der Waals surface area (Å²) < 4.78 is 0. The second-order valence-electron chi connectivity index (χ2n) is 1.92. The lowest BCUT2D eigenvalue weighted by Gasteiger charge is -1.83. The molecule has 0 radical (unpaired) electrons. The fourth-order valence-corrected chi connectivity index (χ4v) is 0.686. The van der Waals surface area contributed by atoms with Gasteiger partial charge in [-0.2, -0.15) is 0 Å². The average molecular weight is 132 g/mol. The van der Waals surface area contributed by atoms with Gasteiger partial charge in [0.15, 0.2) is 0 Å². The SMILES string of the molecule is [NH3+]CC#Cc1ccccc1. The van der Waals surface area contributed by atoms with Gasteiger partial charge in [-0.3, -0.25) is 0 Å². The zero-order valence-electron chi connectivity index (χ0n) is 5.80. The van der Waals surface area contributed by atoms with Gasteiger partial charge in [-0.15, -0.1) is 0 Å². The van der Waals surface area contributed by atoms with Crippen molar-refractivity contribution in [2.45, 2.75) is 0 Å². The molecule has 0 amide bonds. The summed E-state index contributed by atoms with van der Waals surface area (Å²) >= 11 is 0. The van der Waals surface area contributed by atoms with Crippen molar-refractivity contribution in [3.63, 3.8) is 0 Å². The predicted octanol–water partition coefficient (Wildman–Crippen LogP) is 0.280. The molecule has 0 bridgehead atoms. The molecule has 50 valence electrons. The Morgan fingerprint density at radius 2 is 1.90 bits per heavy atom. The van der Waals surface area contributed by atoms with Crippen LogP contribution in [-0.4, -0.2) is 6.54 Å². The monoisotopic (exact) mass is 132 g/mol. The zero-order valence-corrected chi connectivity index (χ0v) is 5.80. The Labute approximate surface area is 60.9 Å². The Morgan fingerprint density at radius 1 is 1.20 bits per heavy atom. The minimum absolute atomic E-state index is 0.675. The van der Waals surface area contributed by atoms with E-state index in [-0.39, 0.29) is 0 Å². The van der Waals surface area contributed by atoms with Crippen LogP contribution < -0.4 is 5.73 Å². The number of hydrogen-bond donors (Lipinski definition) is 1. The molecule has 0 saturated heterocycles. The van der Waals surface area contributed by atoms with Gasteiger partial charge in [0.1, 0.15) is 6.54 Å². The van der Waals surface area contributed by atoms with Crippen LogP contribution in [0.5, 0.6) is 0 Å². The second kappa shape index (κ2) is 3.71. The molecule has 0 aromatic heterocycles. The molecule has 0 atom stereocenters. The third-order valence-electron chi connectivity index (χ3n) is 1.13. The lowest BCUT2D eigenvalue weighted by molar-refractivity contribution is -0.349. The molecule has 0 spiro atoms. The molecule has 1 heteroatoms. The van der Waals surface area contributed by atoms with Crippen molar-refractivity contribution in [1.82, 2.24) is 0 Å². The molecular formula is C9H10N+. The molecule has 0 aliphatic carbocycles. The Hall–Kier alpha value is -1.26. The molecule has 1 nitrogen and oxygen atoms in total. The second-order valence-corrected chi connectivity index (χ2v) is 1.92. The van der Waals surface area contributed by atoms with E-state index in [4.69, 9.17) is 0 Å². The first-order valence-electron chi connectivity index (χ1n) is 3.26. The van der Waals surface area contributed by atoms with Gasteiger partial charge in [-0.1, -0.05) is 24.1 Å². The van der Waals surface area contributed by atoms with Crippen LogP contribution in [0, 0.1) is 11.8 Å². The van der Waals surface area contributed by atoms with E-state index in [1.807, 2.05) is 30.3 Å². The third kappa shape index (κ3) is 1.93. The smallest absolute Gasteiger partial charge is 0.136 e. The maximum absolute atomic E-state index is 3.63. The highest BCUT2D eigenvalue weighted by Gasteiger charge is 1.78. The predicted molar refractivity (Wildman–Crippen MR) is 41.1 cm³/mol. The summed E-state index contributed by atoms with van der Waals surface area (Å²) in [6.45, 7) is 0.675. The number of benzene rings is 1. The summed E-state index contributed by atoms with van der Waals surface area (Å²) in [4.78, 5) is 0. The summed E-state index contributed by atoms with van der Waals surface area (Å²) in [7, 11) is 0. The zero-order chi connectivity index (χ0) is 7.23. The summed E-state index contributed by atoms with van der Waals surface area (Å²) in [6.07, 6.45) is 0. The van der Waals surface area contributed by atoms with E-state index in [0.717, 1.165) is 5.56 Å². The van der Waals surface area contributed by atoms with E-state index in [9.17, 15) is 0 Å². The van der Waals surface area contributed by atoms with Gasteiger partial charge in [-0.25, -0.2) is 0 Å². The van der Waals surface area contributed by atoms with E-state index < -0.39 is 0 Å². The summed E-state index contributed by atoms with van der Waals surface area (Å²) in [5.41, 5.74) is 4.69. The highest BCUT2D eigenvalue weighted by molar-refractivity contribution is 5.33. The van der Waals surface area contributed by atoms with Crippen LogP contribution in [0.15, 0.2) is 30.3 Å². The molecule has 1 rings (SSSR count). The van der Waals surface area contributed by atoms with Gasteiger partial charge < -0.3 is 5.73 Å². The third-order valence-corrected chi connectivity index (χ3v) is 1.13. The molecule has 1 aromatic rings. The van der Waals surface area contributed by atoms with E-state index in [2.05, 4.69) is 17.6 Å². The van der Waals surface area contributed by atoms with Crippen LogP contribution in [0.2, 0.25) is 0 Å². The standard InChI is InChI=1S/C9H9N/c10-8-4-7-9-5-2-1-3-6-9/h1-3,5-6H,8,10H2/p+1. The van der Waals surface area contributed by atoms with Gasteiger partial charge in [0, 0.05) is 5.56 Å². The van der Waals surface area contributed by atoms with Crippen LogP contribution in [0.4, 0.5) is 0 Å². The first kappa shape index (κ1) is 6.85. The van der Waals surface area contributed by atoms with Crippen molar-refractivity contribution in [1.29, 1.82) is 0 Å². The molecule has 10 heavy (non-hydrogen) atoms. The van der Waals surface area contributed by atoms with Crippen molar-refractivity contribution in [3.05, 3.63) is 35.9 Å². The Balaban J connectivity index is 2.76. The van der Waals surface area contributed by atoms with Crippen LogP contribution in [0.3, 0.4) is 0 Å².